The third-order valence-electron chi connectivity index (χ3n) is 5.02. The summed E-state index contributed by atoms with van der Waals surface area (Å²) in [4.78, 5) is 12.8. The Kier molecular flexibility index (Phi) is 8.81. The van der Waals surface area contributed by atoms with Gasteiger partial charge in [-0.25, -0.2) is 4.79 Å². The quantitative estimate of drug-likeness (QED) is 0.446. The fourth-order valence-corrected chi connectivity index (χ4v) is 6.60. The van der Waals surface area contributed by atoms with Crippen LogP contribution in [0.3, 0.4) is 0 Å². The fraction of sp³-hybridized carbons (Fsp3) is 0.609. The summed E-state index contributed by atoms with van der Waals surface area (Å²) in [5.41, 5.74) is 4.74. The highest BCUT2D eigenvalue weighted by atomic mass is 32.2. The van der Waals surface area contributed by atoms with E-state index in [1.165, 1.54) is 16.7 Å². The van der Waals surface area contributed by atoms with Gasteiger partial charge < -0.3 is 10.6 Å². The first-order valence-electron chi connectivity index (χ1n) is 10.3. The number of hydrogen-bond acceptors (Lipinski definition) is 3. The molecular weight excluding hydrogens is 384 g/mol. The summed E-state index contributed by atoms with van der Waals surface area (Å²) in [5, 5.41) is 6.35. The largest absolute Gasteiger partial charge is 0.336 e. The van der Waals surface area contributed by atoms with Crippen molar-refractivity contribution in [3.63, 3.8) is 0 Å². The van der Waals surface area contributed by atoms with Crippen molar-refractivity contribution >= 4 is 35.2 Å². The first kappa shape index (κ1) is 23.2. The van der Waals surface area contributed by atoms with Gasteiger partial charge in [0.15, 0.2) is 0 Å². The van der Waals surface area contributed by atoms with Gasteiger partial charge in [0, 0.05) is 23.7 Å². The number of nitrogens with one attached hydrogen (secondary N) is 2. The fourth-order valence-electron chi connectivity index (χ4n) is 3.48. The summed E-state index contributed by atoms with van der Waals surface area (Å²) in [6.07, 6.45) is 4.46. The zero-order chi connectivity index (χ0) is 20.7. The molecule has 1 aliphatic heterocycles. The average molecular weight is 421 g/mol. The van der Waals surface area contributed by atoms with Crippen molar-refractivity contribution in [3.8, 4) is 0 Å². The molecule has 0 unspecified atom stereocenters. The van der Waals surface area contributed by atoms with E-state index in [2.05, 4.69) is 76.5 Å². The van der Waals surface area contributed by atoms with E-state index in [9.17, 15) is 4.79 Å². The van der Waals surface area contributed by atoms with Crippen LogP contribution in [0.2, 0.25) is 0 Å². The maximum Gasteiger partial charge on any atom is 0.319 e. The summed E-state index contributed by atoms with van der Waals surface area (Å²) in [7, 11) is 0. The summed E-state index contributed by atoms with van der Waals surface area (Å²) < 4.78 is 0.0989. The number of benzene rings is 1. The summed E-state index contributed by atoms with van der Waals surface area (Å²) >= 11 is 3.99. The van der Waals surface area contributed by atoms with E-state index in [0.717, 1.165) is 30.0 Å². The minimum absolute atomic E-state index is 0.0929. The summed E-state index contributed by atoms with van der Waals surface area (Å²) in [6, 6.07) is 6.24. The molecule has 0 atom stereocenters. The highest BCUT2D eigenvalue weighted by molar-refractivity contribution is 8.21. The lowest BCUT2D eigenvalue weighted by molar-refractivity contribution is 0.251. The van der Waals surface area contributed by atoms with E-state index < -0.39 is 0 Å². The lowest BCUT2D eigenvalue weighted by Crippen LogP contribution is -2.39. The molecule has 156 valence electrons. The Morgan fingerprint density at radius 3 is 2.18 bits per heavy atom. The Balaban J connectivity index is 2.06. The van der Waals surface area contributed by atoms with Crippen LogP contribution in [0.1, 0.15) is 77.3 Å². The zero-order valence-electron chi connectivity index (χ0n) is 18.2. The van der Waals surface area contributed by atoms with Crippen LogP contribution in [-0.4, -0.2) is 28.2 Å². The zero-order valence-corrected chi connectivity index (χ0v) is 19.9. The van der Waals surface area contributed by atoms with E-state index in [1.54, 1.807) is 0 Å². The van der Waals surface area contributed by atoms with Crippen LogP contribution in [0.15, 0.2) is 29.8 Å². The van der Waals surface area contributed by atoms with Gasteiger partial charge in [-0.3, -0.25) is 0 Å². The molecular formula is C23H36N2OS2. The first-order valence-corrected chi connectivity index (χ1v) is 12.3. The monoisotopic (exact) mass is 420 g/mol. The second-order valence-electron chi connectivity index (χ2n) is 8.36. The van der Waals surface area contributed by atoms with Crippen molar-refractivity contribution in [3.05, 3.63) is 41.0 Å². The number of allylic oxidation sites excluding steroid dienone is 2. The third kappa shape index (κ3) is 6.48. The molecule has 1 fully saturated rings. The van der Waals surface area contributed by atoms with Gasteiger partial charge in [-0.15, -0.1) is 23.5 Å². The number of carbonyl (C=O) groups is 1. The van der Waals surface area contributed by atoms with Crippen molar-refractivity contribution in [2.75, 3.05) is 23.4 Å². The van der Waals surface area contributed by atoms with Gasteiger partial charge >= 0.3 is 6.03 Å². The predicted molar refractivity (Wildman–Crippen MR) is 128 cm³/mol. The molecule has 1 saturated heterocycles. The van der Waals surface area contributed by atoms with Gasteiger partial charge in [0.1, 0.15) is 0 Å². The normalized spacial score (nSPS) is 15.7. The molecule has 0 radical (unpaired) electrons. The SMILES string of the molecule is CC(C)=CCCC1(CNC(=O)Nc2c(C(C)C)cccc2C(C)C)SCCS1. The molecule has 1 aliphatic rings. The van der Waals surface area contributed by atoms with Gasteiger partial charge in [-0.2, -0.15) is 0 Å². The number of rotatable bonds is 8. The number of para-hydroxylation sites is 1. The van der Waals surface area contributed by atoms with E-state index in [-0.39, 0.29) is 10.1 Å². The number of anilines is 1. The Bertz CT molecular complexity index is 662. The van der Waals surface area contributed by atoms with E-state index in [1.807, 2.05) is 23.5 Å². The predicted octanol–water partition coefficient (Wildman–Crippen LogP) is 6.98. The van der Waals surface area contributed by atoms with E-state index in [4.69, 9.17) is 0 Å². The van der Waals surface area contributed by atoms with Gasteiger partial charge in [0.05, 0.1) is 4.08 Å². The van der Waals surface area contributed by atoms with Crippen molar-refractivity contribution in [1.29, 1.82) is 0 Å². The Morgan fingerprint density at radius 2 is 1.68 bits per heavy atom. The maximum atomic E-state index is 12.8. The van der Waals surface area contributed by atoms with Crippen LogP contribution >= 0.6 is 23.5 Å². The number of urea groups is 1. The molecule has 2 rings (SSSR count). The Morgan fingerprint density at radius 1 is 1.11 bits per heavy atom. The molecule has 28 heavy (non-hydrogen) atoms. The second kappa shape index (κ2) is 10.6. The standard InChI is InChI=1S/C23H36N2OS2/c1-16(2)9-8-12-23(27-13-14-28-23)15-24-22(26)25-21-19(17(3)4)10-7-11-20(21)18(5)6/h7,9-11,17-18H,8,12-15H2,1-6H3,(H2,24,25,26). The highest BCUT2D eigenvalue weighted by Crippen LogP contribution is 2.46. The molecule has 0 saturated carbocycles. The van der Waals surface area contributed by atoms with Crippen molar-refractivity contribution in [1.82, 2.24) is 5.32 Å². The van der Waals surface area contributed by atoms with Crippen LogP contribution < -0.4 is 10.6 Å². The van der Waals surface area contributed by atoms with Crippen LogP contribution in [0, 0.1) is 0 Å². The number of carbonyl (C=O) groups excluding carboxylic acids is 1. The van der Waals surface area contributed by atoms with Gasteiger partial charge in [0.2, 0.25) is 0 Å². The second-order valence-corrected chi connectivity index (χ2v) is 11.6. The minimum atomic E-state index is -0.0929. The highest BCUT2D eigenvalue weighted by Gasteiger charge is 2.35. The van der Waals surface area contributed by atoms with Crippen LogP contribution in [0.5, 0.6) is 0 Å². The minimum Gasteiger partial charge on any atom is -0.336 e. The smallest absolute Gasteiger partial charge is 0.319 e. The molecule has 1 aromatic carbocycles. The molecule has 5 heteroatoms. The molecule has 0 spiro atoms. The molecule has 0 aliphatic carbocycles. The number of hydrogen-bond donors (Lipinski definition) is 2. The van der Waals surface area contributed by atoms with Crippen LogP contribution in [-0.2, 0) is 0 Å². The molecule has 0 aromatic heterocycles. The lowest BCUT2D eigenvalue weighted by Gasteiger charge is -2.28. The summed E-state index contributed by atoms with van der Waals surface area (Å²) in [5.74, 6) is 3.06. The molecule has 1 heterocycles. The van der Waals surface area contributed by atoms with Crippen molar-refractivity contribution in [2.24, 2.45) is 0 Å². The van der Waals surface area contributed by atoms with Gasteiger partial charge in [0.25, 0.3) is 0 Å². The van der Waals surface area contributed by atoms with Gasteiger partial charge in [-0.05, 0) is 49.7 Å². The van der Waals surface area contributed by atoms with Gasteiger partial charge in [-0.1, -0.05) is 57.5 Å². The molecule has 1 aromatic rings. The van der Waals surface area contributed by atoms with Crippen molar-refractivity contribution < 1.29 is 4.79 Å². The lowest BCUT2D eigenvalue weighted by atomic mass is 9.93. The third-order valence-corrected chi connectivity index (χ3v) is 8.55. The maximum absolute atomic E-state index is 12.8. The summed E-state index contributed by atoms with van der Waals surface area (Å²) in [6.45, 7) is 13.7. The first-order chi connectivity index (χ1) is 13.2. The van der Waals surface area contributed by atoms with Crippen molar-refractivity contribution in [2.45, 2.75) is 70.3 Å². The molecule has 0 bridgehead atoms. The van der Waals surface area contributed by atoms with Crippen LogP contribution in [0.4, 0.5) is 10.5 Å². The van der Waals surface area contributed by atoms with Crippen LogP contribution in [0.25, 0.3) is 0 Å². The van der Waals surface area contributed by atoms with E-state index in [0.29, 0.717) is 18.4 Å². The number of amides is 2. The Labute approximate surface area is 179 Å². The molecule has 2 amide bonds. The topological polar surface area (TPSA) is 41.1 Å². The Hall–Kier alpha value is -1.07. The van der Waals surface area contributed by atoms with E-state index >= 15 is 0 Å². The average Bonchev–Trinajstić information content (AvgIpc) is 3.08. The number of thioether (sulfide) groups is 2. The molecule has 2 N–H and O–H groups in total. The molecule has 3 nitrogen and oxygen atoms in total.